The highest BCUT2D eigenvalue weighted by atomic mass is 16.3. The number of aryl methyl sites for hydroxylation is 1. The molecule has 0 radical (unpaired) electrons. The van der Waals surface area contributed by atoms with Gasteiger partial charge in [0.25, 0.3) is 0 Å². The highest BCUT2D eigenvalue weighted by molar-refractivity contribution is 5.49. The number of anilines is 1. The number of hydrogen-bond donors (Lipinski definition) is 2. The zero-order chi connectivity index (χ0) is 10.7. The van der Waals surface area contributed by atoms with Gasteiger partial charge in [0.2, 0.25) is 5.95 Å². The molecule has 2 heterocycles. The quantitative estimate of drug-likeness (QED) is 0.727. The average molecular weight is 206 g/mol. The van der Waals surface area contributed by atoms with Gasteiger partial charge in [-0.2, -0.15) is 4.98 Å². The second kappa shape index (κ2) is 4.27. The van der Waals surface area contributed by atoms with Gasteiger partial charge in [0.1, 0.15) is 0 Å². The zero-order valence-electron chi connectivity index (χ0n) is 8.64. The van der Waals surface area contributed by atoms with E-state index >= 15 is 0 Å². The minimum Gasteiger partial charge on any atom is -0.396 e. The highest BCUT2D eigenvalue weighted by Gasteiger charge is 2.03. The smallest absolute Gasteiger partial charge is 0.243 e. The van der Waals surface area contributed by atoms with Gasteiger partial charge in [-0.05, 0) is 25.0 Å². The van der Waals surface area contributed by atoms with Crippen molar-refractivity contribution in [2.75, 3.05) is 18.5 Å². The molecular weight excluding hydrogens is 192 g/mol. The van der Waals surface area contributed by atoms with E-state index in [1.54, 1.807) is 4.52 Å². The van der Waals surface area contributed by atoms with Crippen molar-refractivity contribution in [2.45, 2.75) is 13.3 Å². The molecule has 0 bridgehead atoms. The van der Waals surface area contributed by atoms with Crippen LogP contribution >= 0.6 is 0 Å². The van der Waals surface area contributed by atoms with Crippen molar-refractivity contribution in [1.29, 1.82) is 0 Å². The first-order chi connectivity index (χ1) is 7.31. The number of nitrogens with zero attached hydrogens (tertiary/aromatic N) is 3. The van der Waals surface area contributed by atoms with Crippen molar-refractivity contribution in [2.24, 2.45) is 0 Å². The average Bonchev–Trinajstić information content (AvgIpc) is 2.63. The maximum atomic E-state index is 8.64. The lowest BCUT2D eigenvalue weighted by Gasteiger charge is -1.96. The van der Waals surface area contributed by atoms with Crippen molar-refractivity contribution in [3.05, 3.63) is 23.9 Å². The summed E-state index contributed by atoms with van der Waals surface area (Å²) in [5.41, 5.74) is 1.96. The summed E-state index contributed by atoms with van der Waals surface area (Å²) in [7, 11) is 0. The molecule has 80 valence electrons. The molecule has 0 aromatic carbocycles. The molecular formula is C10H14N4O. The Kier molecular flexibility index (Phi) is 2.82. The Labute approximate surface area is 87.8 Å². The summed E-state index contributed by atoms with van der Waals surface area (Å²) in [6.45, 7) is 2.87. The van der Waals surface area contributed by atoms with E-state index in [9.17, 15) is 0 Å². The van der Waals surface area contributed by atoms with Gasteiger partial charge < -0.3 is 10.4 Å². The fourth-order valence-electron chi connectivity index (χ4n) is 1.39. The van der Waals surface area contributed by atoms with Gasteiger partial charge >= 0.3 is 0 Å². The fourth-order valence-corrected chi connectivity index (χ4v) is 1.39. The van der Waals surface area contributed by atoms with E-state index in [2.05, 4.69) is 15.4 Å². The summed E-state index contributed by atoms with van der Waals surface area (Å²) in [6.07, 6.45) is 2.57. The predicted molar refractivity (Wildman–Crippen MR) is 57.9 cm³/mol. The first-order valence-corrected chi connectivity index (χ1v) is 4.98. The summed E-state index contributed by atoms with van der Waals surface area (Å²) in [5.74, 6) is 0.609. The first-order valence-electron chi connectivity index (χ1n) is 4.98. The lowest BCUT2D eigenvalue weighted by molar-refractivity contribution is 0.292. The van der Waals surface area contributed by atoms with Crippen LogP contribution in [0.4, 0.5) is 5.95 Å². The number of aromatic nitrogens is 3. The van der Waals surface area contributed by atoms with Gasteiger partial charge in [0.15, 0.2) is 5.65 Å². The summed E-state index contributed by atoms with van der Waals surface area (Å²) < 4.78 is 1.75. The Morgan fingerprint density at radius 2 is 2.40 bits per heavy atom. The van der Waals surface area contributed by atoms with Crippen LogP contribution in [0.25, 0.3) is 5.65 Å². The second-order valence-corrected chi connectivity index (χ2v) is 3.40. The molecule has 0 atom stereocenters. The van der Waals surface area contributed by atoms with Gasteiger partial charge in [0.05, 0.1) is 0 Å². The van der Waals surface area contributed by atoms with E-state index in [1.165, 1.54) is 0 Å². The van der Waals surface area contributed by atoms with E-state index in [4.69, 9.17) is 5.11 Å². The maximum Gasteiger partial charge on any atom is 0.243 e. The molecule has 2 aromatic rings. The minimum absolute atomic E-state index is 0.180. The molecule has 0 aliphatic carbocycles. The molecule has 0 spiro atoms. The Balaban J connectivity index is 2.20. The number of nitrogens with one attached hydrogen (secondary N) is 1. The number of aliphatic hydroxyl groups excluding tert-OH is 1. The van der Waals surface area contributed by atoms with Crippen LogP contribution in [0.3, 0.4) is 0 Å². The van der Waals surface area contributed by atoms with Crippen LogP contribution in [0.1, 0.15) is 12.0 Å². The van der Waals surface area contributed by atoms with Crippen molar-refractivity contribution >= 4 is 11.6 Å². The van der Waals surface area contributed by atoms with Crippen LogP contribution in [0.5, 0.6) is 0 Å². The summed E-state index contributed by atoms with van der Waals surface area (Å²) in [4.78, 5) is 4.34. The second-order valence-electron chi connectivity index (χ2n) is 3.40. The molecule has 2 aromatic heterocycles. The molecule has 5 nitrogen and oxygen atoms in total. The van der Waals surface area contributed by atoms with Crippen molar-refractivity contribution in [1.82, 2.24) is 14.6 Å². The summed E-state index contributed by atoms with van der Waals surface area (Å²) >= 11 is 0. The topological polar surface area (TPSA) is 62.5 Å². The molecule has 0 aliphatic rings. The van der Waals surface area contributed by atoms with Gasteiger partial charge in [-0.25, -0.2) is 4.52 Å². The van der Waals surface area contributed by atoms with Crippen LogP contribution < -0.4 is 5.32 Å². The molecule has 0 fully saturated rings. The molecule has 0 saturated carbocycles. The van der Waals surface area contributed by atoms with Crippen LogP contribution in [-0.4, -0.2) is 32.9 Å². The lowest BCUT2D eigenvalue weighted by atomic mass is 10.3. The third-order valence-corrected chi connectivity index (χ3v) is 2.18. The van der Waals surface area contributed by atoms with Crippen LogP contribution in [0, 0.1) is 6.92 Å². The van der Waals surface area contributed by atoms with Gasteiger partial charge in [0, 0.05) is 19.3 Å². The molecule has 2 rings (SSSR count). The largest absolute Gasteiger partial charge is 0.396 e. The van der Waals surface area contributed by atoms with E-state index < -0.39 is 0 Å². The predicted octanol–water partition coefficient (Wildman–Crippen LogP) is 0.832. The van der Waals surface area contributed by atoms with Gasteiger partial charge in [-0.1, -0.05) is 6.07 Å². The Bertz CT molecular complexity index is 452. The van der Waals surface area contributed by atoms with E-state index in [1.807, 2.05) is 25.3 Å². The van der Waals surface area contributed by atoms with Crippen LogP contribution in [0.15, 0.2) is 18.3 Å². The molecule has 0 amide bonds. The highest BCUT2D eigenvalue weighted by Crippen LogP contribution is 2.09. The number of pyridine rings is 1. The monoisotopic (exact) mass is 206 g/mol. The first kappa shape index (κ1) is 9.92. The van der Waals surface area contributed by atoms with Gasteiger partial charge in [-0.15, -0.1) is 5.10 Å². The summed E-state index contributed by atoms with van der Waals surface area (Å²) in [6, 6.07) is 3.94. The number of hydrogen-bond acceptors (Lipinski definition) is 4. The lowest BCUT2D eigenvalue weighted by Crippen LogP contribution is -2.04. The standard InChI is InChI=1S/C10H14N4O/c1-8-4-2-6-14-9(8)12-10(13-14)11-5-3-7-15/h2,4,6,15H,3,5,7H2,1H3,(H,11,13). The molecule has 0 aliphatic heterocycles. The summed E-state index contributed by atoms with van der Waals surface area (Å²) in [5, 5.41) is 16.0. The Morgan fingerprint density at radius 3 is 3.13 bits per heavy atom. The number of fused-ring (bicyclic) bond motifs is 1. The normalized spacial score (nSPS) is 10.8. The third kappa shape index (κ3) is 2.07. The molecule has 5 heteroatoms. The van der Waals surface area contributed by atoms with Gasteiger partial charge in [-0.3, -0.25) is 0 Å². The maximum absolute atomic E-state index is 8.64. The van der Waals surface area contributed by atoms with E-state index in [0.29, 0.717) is 18.9 Å². The van der Waals surface area contributed by atoms with Crippen LogP contribution in [0.2, 0.25) is 0 Å². The van der Waals surface area contributed by atoms with E-state index in [0.717, 1.165) is 11.2 Å². The molecule has 0 saturated heterocycles. The Hall–Kier alpha value is -1.62. The van der Waals surface area contributed by atoms with Crippen LogP contribution in [-0.2, 0) is 0 Å². The van der Waals surface area contributed by atoms with Crippen molar-refractivity contribution < 1.29 is 5.11 Å². The molecule has 0 unspecified atom stereocenters. The van der Waals surface area contributed by atoms with Crippen molar-refractivity contribution in [3.8, 4) is 0 Å². The number of rotatable bonds is 4. The minimum atomic E-state index is 0.180. The molecule has 2 N–H and O–H groups in total. The third-order valence-electron chi connectivity index (χ3n) is 2.18. The Morgan fingerprint density at radius 1 is 1.53 bits per heavy atom. The fraction of sp³-hybridized carbons (Fsp3) is 0.400. The van der Waals surface area contributed by atoms with E-state index in [-0.39, 0.29) is 6.61 Å². The van der Waals surface area contributed by atoms with Crippen molar-refractivity contribution in [3.63, 3.8) is 0 Å². The zero-order valence-corrected chi connectivity index (χ0v) is 8.64. The number of aliphatic hydroxyl groups is 1. The SMILES string of the molecule is Cc1cccn2nc(NCCCO)nc12. The molecule has 15 heavy (non-hydrogen) atoms.